The number of hydrogen-bond acceptors (Lipinski definition) is 2. The van der Waals surface area contributed by atoms with E-state index in [2.05, 4.69) is 13.0 Å². The van der Waals surface area contributed by atoms with Gasteiger partial charge in [0.15, 0.2) is 0 Å². The van der Waals surface area contributed by atoms with Crippen molar-refractivity contribution >= 4 is 11.9 Å². The molecule has 0 aromatic heterocycles. The summed E-state index contributed by atoms with van der Waals surface area (Å²) >= 11 is 0. The van der Waals surface area contributed by atoms with Crippen molar-refractivity contribution in [3.05, 3.63) is 23.8 Å². The van der Waals surface area contributed by atoms with Crippen molar-refractivity contribution in [3.8, 4) is 0 Å². The van der Waals surface area contributed by atoms with Crippen LogP contribution in [0.3, 0.4) is 0 Å². The quantitative estimate of drug-likeness (QED) is 0.401. The minimum Gasteiger partial charge on any atom is -0.478 e. The number of aliphatic carboxylic acids is 1. The summed E-state index contributed by atoms with van der Waals surface area (Å²) in [6, 6.07) is 0. The Morgan fingerprint density at radius 2 is 1.85 bits per heavy atom. The average molecular weight is 281 g/mol. The van der Waals surface area contributed by atoms with Crippen molar-refractivity contribution in [2.24, 2.45) is 5.92 Å². The van der Waals surface area contributed by atoms with Gasteiger partial charge in [-0.05, 0) is 19.3 Å². The lowest BCUT2D eigenvalue weighted by Gasteiger charge is -2.17. The van der Waals surface area contributed by atoms with Gasteiger partial charge in [0, 0.05) is 26.1 Å². The molecule has 0 saturated heterocycles. The third-order valence-corrected chi connectivity index (χ3v) is 3.06. The fraction of sp³-hybridized carbons (Fsp3) is 0.625. The van der Waals surface area contributed by atoms with Crippen molar-refractivity contribution in [1.82, 2.24) is 4.90 Å². The maximum atomic E-state index is 11.9. The minimum atomic E-state index is -0.962. The molecule has 0 aliphatic heterocycles. The summed E-state index contributed by atoms with van der Waals surface area (Å²) in [6.07, 6.45) is 9.71. The van der Waals surface area contributed by atoms with Gasteiger partial charge in [0.2, 0.25) is 5.91 Å². The van der Waals surface area contributed by atoms with E-state index < -0.39 is 5.97 Å². The van der Waals surface area contributed by atoms with E-state index in [1.54, 1.807) is 25.1 Å². The first-order chi connectivity index (χ1) is 9.38. The largest absolute Gasteiger partial charge is 0.478 e. The number of carbonyl (C=O) groups is 2. The van der Waals surface area contributed by atoms with Gasteiger partial charge in [0.25, 0.3) is 0 Å². The second kappa shape index (κ2) is 10.2. The van der Waals surface area contributed by atoms with E-state index >= 15 is 0 Å². The SMILES string of the molecule is CCCCC/C=C(/C=C/C(=O)O)CC(C)C(=O)N(C)C. The third kappa shape index (κ3) is 8.51. The zero-order valence-electron chi connectivity index (χ0n) is 13.1. The van der Waals surface area contributed by atoms with Crippen molar-refractivity contribution in [3.63, 3.8) is 0 Å². The molecule has 1 amide bonds. The topological polar surface area (TPSA) is 57.6 Å². The zero-order chi connectivity index (χ0) is 15.5. The molecule has 0 aromatic rings. The number of carboxylic acids is 1. The Morgan fingerprint density at radius 3 is 2.35 bits per heavy atom. The van der Waals surface area contributed by atoms with E-state index in [0.29, 0.717) is 6.42 Å². The van der Waals surface area contributed by atoms with Gasteiger partial charge in [-0.1, -0.05) is 44.4 Å². The van der Waals surface area contributed by atoms with Gasteiger partial charge >= 0.3 is 5.97 Å². The molecule has 1 atom stereocenters. The number of carbonyl (C=O) groups excluding carboxylic acids is 1. The van der Waals surface area contributed by atoms with Gasteiger partial charge in [-0.2, -0.15) is 0 Å². The highest BCUT2D eigenvalue weighted by atomic mass is 16.4. The molecule has 4 heteroatoms. The average Bonchev–Trinajstić information content (AvgIpc) is 2.39. The lowest BCUT2D eigenvalue weighted by atomic mass is 9.98. The molecule has 0 rings (SSSR count). The highest BCUT2D eigenvalue weighted by Crippen LogP contribution is 2.16. The van der Waals surface area contributed by atoms with Gasteiger partial charge in [0.1, 0.15) is 0 Å². The van der Waals surface area contributed by atoms with Crippen LogP contribution in [0.25, 0.3) is 0 Å². The summed E-state index contributed by atoms with van der Waals surface area (Å²) in [5, 5.41) is 8.71. The summed E-state index contributed by atoms with van der Waals surface area (Å²) in [6.45, 7) is 4.02. The highest BCUT2D eigenvalue weighted by Gasteiger charge is 2.15. The maximum absolute atomic E-state index is 11.9. The lowest BCUT2D eigenvalue weighted by Crippen LogP contribution is -2.28. The van der Waals surface area contributed by atoms with Gasteiger partial charge in [-0.3, -0.25) is 4.79 Å². The van der Waals surface area contributed by atoms with Gasteiger partial charge in [-0.15, -0.1) is 0 Å². The predicted octanol–water partition coefficient (Wildman–Crippen LogP) is 3.25. The Morgan fingerprint density at radius 1 is 1.20 bits per heavy atom. The van der Waals surface area contributed by atoms with Crippen LogP contribution in [0.5, 0.6) is 0 Å². The van der Waals surface area contributed by atoms with Crippen molar-refractivity contribution in [2.75, 3.05) is 14.1 Å². The molecule has 0 aliphatic rings. The van der Waals surface area contributed by atoms with Gasteiger partial charge in [0.05, 0.1) is 0 Å². The zero-order valence-corrected chi connectivity index (χ0v) is 13.1. The molecule has 1 N–H and O–H groups in total. The van der Waals surface area contributed by atoms with E-state index in [1.807, 2.05) is 6.92 Å². The lowest BCUT2D eigenvalue weighted by molar-refractivity contribution is -0.132. The first kappa shape index (κ1) is 18.4. The van der Waals surface area contributed by atoms with Crippen LogP contribution in [-0.2, 0) is 9.59 Å². The van der Waals surface area contributed by atoms with Gasteiger partial charge < -0.3 is 10.0 Å². The number of rotatable bonds is 9. The Hall–Kier alpha value is -1.58. The smallest absolute Gasteiger partial charge is 0.328 e. The van der Waals surface area contributed by atoms with Crippen molar-refractivity contribution < 1.29 is 14.7 Å². The first-order valence-electron chi connectivity index (χ1n) is 7.19. The number of hydrogen-bond donors (Lipinski definition) is 1. The third-order valence-electron chi connectivity index (χ3n) is 3.06. The number of carboxylic acid groups (broad SMARTS) is 1. The Labute approximate surface area is 122 Å². The maximum Gasteiger partial charge on any atom is 0.328 e. The normalized spacial score (nSPS) is 13.5. The molecule has 0 bridgehead atoms. The summed E-state index contributed by atoms with van der Waals surface area (Å²) in [4.78, 5) is 24.0. The standard InChI is InChI=1S/C16H27NO3/c1-5-6-7-8-9-14(10-11-15(18)19)12-13(2)16(20)17(3)4/h9-11,13H,5-8,12H2,1-4H3,(H,18,19)/b11-10+,14-9-. The molecule has 0 heterocycles. The van der Waals surface area contributed by atoms with Crippen LogP contribution < -0.4 is 0 Å². The molecule has 4 nitrogen and oxygen atoms in total. The molecular weight excluding hydrogens is 254 g/mol. The molecule has 0 radical (unpaired) electrons. The molecule has 114 valence electrons. The van der Waals surface area contributed by atoms with Gasteiger partial charge in [-0.25, -0.2) is 4.79 Å². The molecule has 0 fully saturated rings. The van der Waals surface area contributed by atoms with Crippen molar-refractivity contribution in [2.45, 2.75) is 46.0 Å². The second-order valence-electron chi connectivity index (χ2n) is 5.28. The van der Waals surface area contributed by atoms with Crippen LogP contribution in [0, 0.1) is 5.92 Å². The number of amides is 1. The van der Waals surface area contributed by atoms with Crippen LogP contribution in [0.2, 0.25) is 0 Å². The molecule has 0 aliphatic carbocycles. The molecular formula is C16H27NO3. The molecule has 0 saturated carbocycles. The van der Waals surface area contributed by atoms with E-state index in [0.717, 1.165) is 30.9 Å². The van der Waals surface area contributed by atoms with Crippen LogP contribution in [0.4, 0.5) is 0 Å². The molecule has 1 unspecified atom stereocenters. The monoisotopic (exact) mass is 281 g/mol. The van der Waals surface area contributed by atoms with E-state index in [4.69, 9.17) is 5.11 Å². The van der Waals surface area contributed by atoms with Crippen LogP contribution in [0.15, 0.2) is 23.8 Å². The fourth-order valence-corrected chi connectivity index (χ4v) is 1.96. The second-order valence-corrected chi connectivity index (χ2v) is 5.28. The molecule has 0 spiro atoms. The van der Waals surface area contributed by atoms with E-state index in [1.165, 1.54) is 6.42 Å². The van der Waals surface area contributed by atoms with E-state index in [9.17, 15) is 9.59 Å². The Bertz CT molecular complexity index is 370. The summed E-state index contributed by atoms with van der Waals surface area (Å²) in [5.41, 5.74) is 0.922. The van der Waals surface area contributed by atoms with Crippen LogP contribution >= 0.6 is 0 Å². The number of nitrogens with zero attached hydrogens (tertiary/aromatic N) is 1. The number of unbranched alkanes of at least 4 members (excludes halogenated alkanes) is 3. The van der Waals surface area contributed by atoms with Crippen LogP contribution in [-0.4, -0.2) is 36.0 Å². The summed E-state index contributed by atoms with van der Waals surface area (Å²) in [7, 11) is 3.47. The summed E-state index contributed by atoms with van der Waals surface area (Å²) in [5.74, 6) is -1.04. The number of allylic oxidation sites excluding steroid dienone is 3. The first-order valence-corrected chi connectivity index (χ1v) is 7.19. The van der Waals surface area contributed by atoms with E-state index in [-0.39, 0.29) is 11.8 Å². The predicted molar refractivity (Wildman–Crippen MR) is 81.5 cm³/mol. The Balaban J connectivity index is 4.67. The summed E-state index contributed by atoms with van der Waals surface area (Å²) < 4.78 is 0. The minimum absolute atomic E-state index is 0.0631. The molecule has 20 heavy (non-hydrogen) atoms. The molecule has 0 aromatic carbocycles. The Kier molecular flexibility index (Phi) is 9.43. The fourth-order valence-electron chi connectivity index (χ4n) is 1.96. The van der Waals surface area contributed by atoms with Crippen LogP contribution in [0.1, 0.15) is 46.0 Å². The highest BCUT2D eigenvalue weighted by molar-refractivity contribution is 5.81. The van der Waals surface area contributed by atoms with Crippen molar-refractivity contribution in [1.29, 1.82) is 0 Å².